The van der Waals surface area contributed by atoms with Crippen molar-refractivity contribution in [2.45, 2.75) is 0 Å². The molecule has 0 fully saturated rings. The van der Waals surface area contributed by atoms with Gasteiger partial charge in [-0.1, -0.05) is 18.2 Å². The van der Waals surface area contributed by atoms with Crippen molar-refractivity contribution in [3.63, 3.8) is 0 Å². The first kappa shape index (κ1) is 10.1. The maximum atomic E-state index is 13.2. The summed E-state index contributed by atoms with van der Waals surface area (Å²) in [5.41, 5.74) is 1.85. The molecule has 0 N–H and O–H groups in total. The number of hydrogen-bond donors (Lipinski definition) is 0. The van der Waals surface area contributed by atoms with Gasteiger partial charge in [-0.25, -0.2) is 4.39 Å². The molecule has 0 radical (unpaired) electrons. The minimum Gasteiger partial charge on any atom is -0.490 e. The van der Waals surface area contributed by atoms with Crippen LogP contribution >= 0.6 is 0 Å². The van der Waals surface area contributed by atoms with Crippen molar-refractivity contribution >= 4 is 11.4 Å². The molecule has 0 aromatic heterocycles. The van der Waals surface area contributed by atoms with E-state index in [9.17, 15) is 4.39 Å². The quantitative estimate of drug-likeness (QED) is 0.743. The lowest BCUT2D eigenvalue weighted by atomic mass is 10.2. The van der Waals surface area contributed by atoms with E-state index in [0.717, 1.165) is 23.7 Å². The molecule has 2 nitrogen and oxygen atoms in total. The number of para-hydroxylation sites is 2. The van der Waals surface area contributed by atoms with E-state index < -0.39 is 0 Å². The molecule has 2 aromatic carbocycles. The van der Waals surface area contributed by atoms with Gasteiger partial charge in [0.25, 0.3) is 0 Å². The minimum atomic E-state index is -0.216. The van der Waals surface area contributed by atoms with Crippen molar-refractivity contribution in [2.75, 3.05) is 18.1 Å². The van der Waals surface area contributed by atoms with Gasteiger partial charge in [-0.05, 0) is 30.3 Å². The molecule has 0 amide bonds. The summed E-state index contributed by atoms with van der Waals surface area (Å²) in [6.07, 6.45) is 0. The Morgan fingerprint density at radius 2 is 1.94 bits per heavy atom. The van der Waals surface area contributed by atoms with Crippen molar-refractivity contribution in [3.8, 4) is 5.75 Å². The molecule has 0 aliphatic carbocycles. The average molecular weight is 229 g/mol. The number of rotatable bonds is 1. The number of anilines is 2. The van der Waals surface area contributed by atoms with E-state index in [0.29, 0.717) is 6.61 Å². The molecule has 86 valence electrons. The molecule has 3 rings (SSSR count). The Bertz CT molecular complexity index is 541. The number of halogens is 1. The molecule has 3 heteroatoms. The van der Waals surface area contributed by atoms with Crippen LogP contribution in [0.25, 0.3) is 0 Å². The highest BCUT2D eigenvalue weighted by Crippen LogP contribution is 2.36. The van der Waals surface area contributed by atoms with Gasteiger partial charge >= 0.3 is 0 Å². The predicted molar refractivity (Wildman–Crippen MR) is 65.3 cm³/mol. The van der Waals surface area contributed by atoms with Crippen LogP contribution in [0.5, 0.6) is 5.75 Å². The molecule has 0 atom stereocenters. The highest BCUT2D eigenvalue weighted by molar-refractivity contribution is 5.70. The molecular weight excluding hydrogens is 217 g/mol. The fourth-order valence-electron chi connectivity index (χ4n) is 2.08. The Balaban J connectivity index is 2.06. The lowest BCUT2D eigenvalue weighted by Gasteiger charge is -2.31. The monoisotopic (exact) mass is 229 g/mol. The van der Waals surface area contributed by atoms with Crippen LogP contribution in [0.1, 0.15) is 0 Å². The van der Waals surface area contributed by atoms with Gasteiger partial charge in [0.05, 0.1) is 12.2 Å². The molecule has 0 unspecified atom stereocenters. The highest BCUT2D eigenvalue weighted by Gasteiger charge is 2.18. The number of hydrogen-bond acceptors (Lipinski definition) is 2. The third-order valence-electron chi connectivity index (χ3n) is 2.85. The van der Waals surface area contributed by atoms with Crippen molar-refractivity contribution in [1.29, 1.82) is 0 Å². The number of fused-ring (bicyclic) bond motifs is 1. The predicted octanol–water partition coefficient (Wildman–Crippen LogP) is 3.36. The zero-order chi connectivity index (χ0) is 11.7. The summed E-state index contributed by atoms with van der Waals surface area (Å²) in [5, 5.41) is 0. The van der Waals surface area contributed by atoms with Crippen LogP contribution < -0.4 is 9.64 Å². The second-order valence-electron chi connectivity index (χ2n) is 3.95. The van der Waals surface area contributed by atoms with Crippen LogP contribution in [0.4, 0.5) is 15.8 Å². The maximum absolute atomic E-state index is 13.2. The first-order valence-corrected chi connectivity index (χ1v) is 5.59. The number of ether oxygens (including phenoxy) is 1. The number of nitrogens with zero attached hydrogens (tertiary/aromatic N) is 1. The summed E-state index contributed by atoms with van der Waals surface area (Å²) in [7, 11) is 0. The molecule has 0 saturated heterocycles. The Kier molecular flexibility index (Phi) is 2.44. The van der Waals surface area contributed by atoms with E-state index in [1.165, 1.54) is 6.07 Å². The molecular formula is C14H12FNO. The van der Waals surface area contributed by atoms with E-state index >= 15 is 0 Å². The van der Waals surface area contributed by atoms with E-state index in [1.54, 1.807) is 12.1 Å². The average Bonchev–Trinajstić information content (AvgIpc) is 2.38. The van der Waals surface area contributed by atoms with E-state index in [1.807, 2.05) is 30.3 Å². The molecule has 0 spiro atoms. The van der Waals surface area contributed by atoms with Crippen molar-refractivity contribution in [1.82, 2.24) is 0 Å². The standard InChI is InChI=1S/C14H12FNO/c15-11-4-3-5-12(10-11)16-8-9-17-14-7-2-1-6-13(14)16/h1-7,10H,8-9H2. The van der Waals surface area contributed by atoms with Gasteiger partial charge in [-0.15, -0.1) is 0 Å². The Labute approximate surface area is 99.3 Å². The first-order valence-electron chi connectivity index (χ1n) is 5.59. The number of benzene rings is 2. The van der Waals surface area contributed by atoms with E-state index in [2.05, 4.69) is 4.90 Å². The van der Waals surface area contributed by atoms with Crippen molar-refractivity contribution in [2.24, 2.45) is 0 Å². The fraction of sp³-hybridized carbons (Fsp3) is 0.143. The van der Waals surface area contributed by atoms with Crippen LogP contribution in [0.3, 0.4) is 0 Å². The Hall–Kier alpha value is -2.03. The fourth-order valence-corrected chi connectivity index (χ4v) is 2.08. The van der Waals surface area contributed by atoms with Gasteiger partial charge in [-0.3, -0.25) is 0 Å². The summed E-state index contributed by atoms with van der Waals surface area (Å²) in [6, 6.07) is 14.4. The minimum absolute atomic E-state index is 0.216. The van der Waals surface area contributed by atoms with Crippen LogP contribution in [-0.2, 0) is 0 Å². The van der Waals surface area contributed by atoms with Crippen LogP contribution in [-0.4, -0.2) is 13.2 Å². The van der Waals surface area contributed by atoms with Gasteiger partial charge in [0.2, 0.25) is 0 Å². The van der Waals surface area contributed by atoms with Gasteiger partial charge < -0.3 is 9.64 Å². The van der Waals surface area contributed by atoms with Gasteiger partial charge in [0, 0.05) is 5.69 Å². The molecule has 0 saturated carbocycles. The maximum Gasteiger partial charge on any atom is 0.143 e. The summed E-state index contributed by atoms with van der Waals surface area (Å²) < 4.78 is 18.8. The first-order chi connectivity index (χ1) is 8.34. The van der Waals surface area contributed by atoms with Gasteiger partial charge in [0.1, 0.15) is 18.2 Å². The summed E-state index contributed by atoms with van der Waals surface area (Å²) >= 11 is 0. The highest BCUT2D eigenvalue weighted by atomic mass is 19.1. The van der Waals surface area contributed by atoms with Crippen LogP contribution in [0.2, 0.25) is 0 Å². The lowest BCUT2D eigenvalue weighted by Crippen LogP contribution is -2.28. The van der Waals surface area contributed by atoms with Crippen LogP contribution in [0, 0.1) is 5.82 Å². The summed E-state index contributed by atoms with van der Waals surface area (Å²) in [6.45, 7) is 1.36. The zero-order valence-electron chi connectivity index (χ0n) is 9.27. The molecule has 1 heterocycles. The third-order valence-corrected chi connectivity index (χ3v) is 2.85. The topological polar surface area (TPSA) is 12.5 Å². The third kappa shape index (κ3) is 1.84. The SMILES string of the molecule is Fc1cccc(N2CCOc3ccccc32)c1. The molecule has 2 aromatic rings. The molecule has 1 aliphatic heterocycles. The smallest absolute Gasteiger partial charge is 0.143 e. The molecule has 0 bridgehead atoms. The second kappa shape index (κ2) is 4.09. The second-order valence-corrected chi connectivity index (χ2v) is 3.95. The summed E-state index contributed by atoms with van der Waals surface area (Å²) in [5.74, 6) is 0.634. The summed E-state index contributed by atoms with van der Waals surface area (Å²) in [4.78, 5) is 2.07. The van der Waals surface area contributed by atoms with Gasteiger partial charge in [0.15, 0.2) is 0 Å². The van der Waals surface area contributed by atoms with E-state index in [4.69, 9.17) is 4.74 Å². The van der Waals surface area contributed by atoms with Crippen molar-refractivity contribution in [3.05, 3.63) is 54.3 Å². The van der Waals surface area contributed by atoms with Crippen molar-refractivity contribution < 1.29 is 9.13 Å². The normalized spacial score (nSPS) is 14.1. The van der Waals surface area contributed by atoms with E-state index in [-0.39, 0.29) is 5.82 Å². The lowest BCUT2D eigenvalue weighted by molar-refractivity contribution is 0.314. The zero-order valence-corrected chi connectivity index (χ0v) is 9.27. The Morgan fingerprint density at radius 1 is 1.06 bits per heavy atom. The Morgan fingerprint density at radius 3 is 2.82 bits per heavy atom. The molecule has 1 aliphatic rings. The van der Waals surface area contributed by atoms with Gasteiger partial charge in [-0.2, -0.15) is 0 Å². The largest absolute Gasteiger partial charge is 0.490 e. The van der Waals surface area contributed by atoms with Crippen LogP contribution in [0.15, 0.2) is 48.5 Å². The molecule has 17 heavy (non-hydrogen) atoms.